The summed E-state index contributed by atoms with van der Waals surface area (Å²) in [5.41, 5.74) is -0.381. The molecule has 0 aromatic heterocycles. The van der Waals surface area contributed by atoms with E-state index < -0.39 is 5.97 Å². The number of carboxylic acid groups (broad SMARTS) is 1. The van der Waals surface area contributed by atoms with Crippen LogP contribution >= 0.6 is 0 Å². The average Bonchev–Trinajstić information content (AvgIpc) is 2.92. The van der Waals surface area contributed by atoms with Gasteiger partial charge in [0.1, 0.15) is 13.2 Å². The Kier molecular flexibility index (Phi) is 3.91. The molecule has 5 nitrogen and oxygen atoms in total. The third-order valence-corrected chi connectivity index (χ3v) is 2.24. The molecule has 1 amide bonds. The van der Waals surface area contributed by atoms with Crippen LogP contribution in [-0.2, 0) is 14.3 Å². The maximum Gasteiger partial charge on any atom is 0.323 e. The highest BCUT2D eigenvalue weighted by Gasteiger charge is 2.34. The van der Waals surface area contributed by atoms with Crippen LogP contribution in [0.5, 0.6) is 0 Å². The fourth-order valence-electron chi connectivity index (χ4n) is 1.31. The summed E-state index contributed by atoms with van der Waals surface area (Å²) in [5, 5.41) is 8.70. The second-order valence-electron chi connectivity index (χ2n) is 5.05. The number of carbonyl (C=O) groups is 2. The number of ether oxygens (including phenoxy) is 1. The van der Waals surface area contributed by atoms with Crippen LogP contribution in [0.4, 0.5) is 0 Å². The van der Waals surface area contributed by atoms with Crippen molar-refractivity contribution in [1.29, 1.82) is 0 Å². The zero-order valence-electron chi connectivity index (χ0n) is 10.0. The average molecular weight is 229 g/mol. The summed E-state index contributed by atoms with van der Waals surface area (Å²) in [7, 11) is 0. The second kappa shape index (κ2) is 4.82. The van der Waals surface area contributed by atoms with Crippen LogP contribution in [0, 0.1) is 0 Å². The molecular formula is C11H19NO4. The molecule has 0 aromatic carbocycles. The molecule has 1 aliphatic rings. The molecule has 0 spiro atoms. The molecule has 92 valence electrons. The van der Waals surface area contributed by atoms with E-state index in [9.17, 15) is 9.59 Å². The van der Waals surface area contributed by atoms with Gasteiger partial charge in [0.2, 0.25) is 5.91 Å². The van der Waals surface area contributed by atoms with Gasteiger partial charge in [-0.15, -0.1) is 0 Å². The lowest BCUT2D eigenvalue weighted by Gasteiger charge is -2.24. The van der Waals surface area contributed by atoms with Crippen molar-refractivity contribution in [3.05, 3.63) is 0 Å². The lowest BCUT2D eigenvalue weighted by molar-refractivity contribution is -0.149. The Morgan fingerprint density at radius 3 is 2.31 bits per heavy atom. The Balaban J connectivity index is 2.44. The largest absolute Gasteiger partial charge is 0.480 e. The van der Waals surface area contributed by atoms with E-state index in [1.54, 1.807) is 0 Å². The lowest BCUT2D eigenvalue weighted by atomic mass is 10.2. The Morgan fingerprint density at radius 2 is 1.94 bits per heavy atom. The normalized spacial score (nSPS) is 15.9. The summed E-state index contributed by atoms with van der Waals surface area (Å²) in [6, 6.07) is 0.104. The minimum atomic E-state index is -0.976. The zero-order valence-corrected chi connectivity index (χ0v) is 10.0. The minimum absolute atomic E-state index is 0.0483. The summed E-state index contributed by atoms with van der Waals surface area (Å²) in [4.78, 5) is 23.8. The van der Waals surface area contributed by atoms with Crippen LogP contribution in [-0.4, -0.2) is 46.7 Å². The van der Waals surface area contributed by atoms with Crippen molar-refractivity contribution in [2.24, 2.45) is 0 Å². The van der Waals surface area contributed by atoms with Crippen LogP contribution in [0.2, 0.25) is 0 Å². The van der Waals surface area contributed by atoms with Gasteiger partial charge in [-0.25, -0.2) is 0 Å². The summed E-state index contributed by atoms with van der Waals surface area (Å²) in [5.74, 6) is -1.21. The number of carboxylic acids is 1. The minimum Gasteiger partial charge on any atom is -0.480 e. The molecule has 0 radical (unpaired) electrons. The van der Waals surface area contributed by atoms with Crippen LogP contribution in [0.3, 0.4) is 0 Å². The molecule has 1 rings (SSSR count). The quantitative estimate of drug-likeness (QED) is 0.759. The van der Waals surface area contributed by atoms with E-state index in [4.69, 9.17) is 9.84 Å². The molecule has 0 bridgehead atoms. The van der Waals surface area contributed by atoms with E-state index in [0.717, 1.165) is 12.8 Å². The maximum absolute atomic E-state index is 11.7. The number of hydrogen-bond acceptors (Lipinski definition) is 3. The Labute approximate surface area is 95.4 Å². The first-order chi connectivity index (χ1) is 7.29. The molecule has 0 heterocycles. The number of amides is 1. The van der Waals surface area contributed by atoms with Crippen molar-refractivity contribution in [2.75, 3.05) is 13.2 Å². The Hall–Kier alpha value is -1.10. The second-order valence-corrected chi connectivity index (χ2v) is 5.05. The molecule has 0 aliphatic heterocycles. The van der Waals surface area contributed by atoms with Crippen LogP contribution in [0.15, 0.2) is 0 Å². The monoisotopic (exact) mass is 229 g/mol. The van der Waals surface area contributed by atoms with Gasteiger partial charge in [0.25, 0.3) is 0 Å². The predicted molar refractivity (Wildman–Crippen MR) is 58.1 cm³/mol. The topological polar surface area (TPSA) is 66.8 Å². The fraction of sp³-hybridized carbons (Fsp3) is 0.818. The van der Waals surface area contributed by atoms with E-state index in [2.05, 4.69) is 0 Å². The fourth-order valence-corrected chi connectivity index (χ4v) is 1.31. The summed E-state index contributed by atoms with van der Waals surface area (Å²) in [6.45, 7) is 5.31. The highest BCUT2D eigenvalue weighted by atomic mass is 16.5. The number of rotatable bonds is 5. The molecule has 0 saturated heterocycles. The highest BCUT2D eigenvalue weighted by Crippen LogP contribution is 2.26. The van der Waals surface area contributed by atoms with Crippen molar-refractivity contribution in [3.63, 3.8) is 0 Å². The molecule has 1 fully saturated rings. The van der Waals surface area contributed by atoms with Crippen molar-refractivity contribution >= 4 is 11.9 Å². The van der Waals surface area contributed by atoms with E-state index in [1.165, 1.54) is 4.90 Å². The van der Waals surface area contributed by atoms with Crippen LogP contribution in [0.25, 0.3) is 0 Å². The number of hydrogen-bond donors (Lipinski definition) is 1. The molecular weight excluding hydrogens is 210 g/mol. The van der Waals surface area contributed by atoms with Crippen molar-refractivity contribution < 1.29 is 19.4 Å². The van der Waals surface area contributed by atoms with Crippen molar-refractivity contribution in [2.45, 2.75) is 45.3 Å². The van der Waals surface area contributed by atoms with Crippen molar-refractivity contribution in [3.8, 4) is 0 Å². The standard InChI is InChI=1S/C11H19NO4/c1-11(2,3)16-7-9(13)12(6-10(14)15)8-4-5-8/h8H,4-7H2,1-3H3,(H,14,15). The van der Waals surface area contributed by atoms with Gasteiger partial charge < -0.3 is 14.7 Å². The van der Waals surface area contributed by atoms with Gasteiger partial charge in [-0.1, -0.05) is 0 Å². The van der Waals surface area contributed by atoms with E-state index in [-0.39, 0.29) is 30.7 Å². The van der Waals surface area contributed by atoms with Gasteiger partial charge >= 0.3 is 5.97 Å². The molecule has 0 atom stereocenters. The van der Waals surface area contributed by atoms with Crippen molar-refractivity contribution in [1.82, 2.24) is 4.90 Å². The highest BCUT2D eigenvalue weighted by molar-refractivity contribution is 5.82. The van der Waals surface area contributed by atoms with Gasteiger partial charge in [-0.05, 0) is 33.6 Å². The zero-order chi connectivity index (χ0) is 12.3. The molecule has 1 saturated carbocycles. The molecule has 16 heavy (non-hydrogen) atoms. The number of nitrogens with zero attached hydrogens (tertiary/aromatic N) is 1. The third-order valence-electron chi connectivity index (χ3n) is 2.24. The smallest absolute Gasteiger partial charge is 0.323 e. The van der Waals surface area contributed by atoms with Gasteiger partial charge in [0.15, 0.2) is 0 Å². The first kappa shape index (κ1) is 13.0. The summed E-state index contributed by atoms with van der Waals surface area (Å²) in [6.07, 6.45) is 1.79. The first-order valence-corrected chi connectivity index (χ1v) is 5.45. The number of carbonyl (C=O) groups excluding carboxylic acids is 1. The van der Waals surface area contributed by atoms with Gasteiger partial charge in [0, 0.05) is 6.04 Å². The molecule has 1 N–H and O–H groups in total. The third kappa shape index (κ3) is 4.61. The molecule has 0 unspecified atom stereocenters. The van der Waals surface area contributed by atoms with Gasteiger partial charge in [0.05, 0.1) is 5.60 Å². The maximum atomic E-state index is 11.7. The van der Waals surface area contributed by atoms with Crippen LogP contribution in [0.1, 0.15) is 33.6 Å². The summed E-state index contributed by atoms with van der Waals surface area (Å²) < 4.78 is 5.35. The Bertz CT molecular complexity index is 278. The van der Waals surface area contributed by atoms with E-state index >= 15 is 0 Å². The van der Waals surface area contributed by atoms with Gasteiger partial charge in [-0.2, -0.15) is 0 Å². The SMILES string of the molecule is CC(C)(C)OCC(=O)N(CC(=O)O)C1CC1. The molecule has 5 heteroatoms. The Morgan fingerprint density at radius 1 is 1.38 bits per heavy atom. The summed E-state index contributed by atoms with van der Waals surface area (Å²) >= 11 is 0. The molecule has 1 aliphatic carbocycles. The lowest BCUT2D eigenvalue weighted by Crippen LogP contribution is -2.41. The predicted octanol–water partition coefficient (Wildman–Crippen LogP) is 0.877. The number of aliphatic carboxylic acids is 1. The van der Waals surface area contributed by atoms with Crippen LogP contribution < -0.4 is 0 Å². The van der Waals surface area contributed by atoms with E-state index in [1.807, 2.05) is 20.8 Å². The van der Waals surface area contributed by atoms with E-state index in [0.29, 0.717) is 0 Å². The first-order valence-electron chi connectivity index (χ1n) is 5.45. The molecule has 0 aromatic rings. The van der Waals surface area contributed by atoms with Gasteiger partial charge in [-0.3, -0.25) is 9.59 Å².